The molecular weight excluding hydrogens is 1720 g/mol. The van der Waals surface area contributed by atoms with Crippen LogP contribution in [0.3, 0.4) is 0 Å². The van der Waals surface area contributed by atoms with Crippen molar-refractivity contribution in [2.45, 2.75) is 142 Å². The van der Waals surface area contributed by atoms with Gasteiger partial charge in [-0.05, 0) is 174 Å². The molecule has 11 aromatic carbocycles. The summed E-state index contributed by atoms with van der Waals surface area (Å²) in [4.78, 5) is 120. The van der Waals surface area contributed by atoms with E-state index in [1.165, 1.54) is 0 Å². The number of piperazine rings is 2. The van der Waals surface area contributed by atoms with E-state index in [4.69, 9.17) is 45.5 Å². The molecule has 17 rings (SSSR count). The van der Waals surface area contributed by atoms with Crippen LogP contribution in [0.15, 0.2) is 219 Å². The van der Waals surface area contributed by atoms with Gasteiger partial charge in [-0.25, -0.2) is 0 Å². The maximum Gasteiger partial charge on any atom is 0.504 e. The molecule has 0 aliphatic carbocycles. The van der Waals surface area contributed by atoms with Crippen LogP contribution in [0.4, 0.5) is 0 Å². The number of pyridine rings is 2. The lowest BCUT2D eigenvalue weighted by Crippen LogP contribution is -2.54. The quantitative estimate of drug-likeness (QED) is 0.0192. The summed E-state index contributed by atoms with van der Waals surface area (Å²) in [5.41, 5.74) is 7.60. The van der Waals surface area contributed by atoms with E-state index in [0.29, 0.717) is 85.5 Å². The highest BCUT2D eigenvalue weighted by atomic mass is 28.4. The highest BCUT2D eigenvalue weighted by Crippen LogP contribution is 2.59. The Morgan fingerprint density at radius 2 is 0.560 bits per heavy atom. The summed E-state index contributed by atoms with van der Waals surface area (Å²) in [5, 5.41) is 2.06. The van der Waals surface area contributed by atoms with Gasteiger partial charge in [0.2, 0.25) is 0 Å². The fourth-order valence-corrected chi connectivity index (χ4v) is 22.4. The molecule has 0 N–H and O–H groups in total. The van der Waals surface area contributed by atoms with Crippen molar-refractivity contribution in [3.63, 3.8) is 0 Å². The first-order chi connectivity index (χ1) is 64.0. The highest BCUT2D eigenvalue weighted by molar-refractivity contribution is 6.60. The zero-order valence-electron chi connectivity index (χ0n) is 79.5. The van der Waals surface area contributed by atoms with Gasteiger partial charge < -0.3 is 55.3 Å². The van der Waals surface area contributed by atoms with E-state index in [0.717, 1.165) is 54.3 Å². The Morgan fingerprint density at radius 1 is 0.313 bits per heavy atom. The number of benzene rings is 11. The van der Waals surface area contributed by atoms with Gasteiger partial charge in [0, 0.05) is 188 Å². The molecule has 2 saturated heterocycles. The van der Waals surface area contributed by atoms with Crippen LogP contribution >= 0.6 is 0 Å². The van der Waals surface area contributed by atoms with Crippen molar-refractivity contribution in [2.75, 3.05) is 95.0 Å². The Hall–Kier alpha value is -12.4. The summed E-state index contributed by atoms with van der Waals surface area (Å²) < 4.78 is 64.9. The van der Waals surface area contributed by atoms with Crippen LogP contribution in [-0.2, 0) is 83.0 Å². The molecule has 0 bridgehead atoms. The van der Waals surface area contributed by atoms with Gasteiger partial charge in [-0.3, -0.25) is 58.3 Å². The number of fused-ring (bicyclic) bond motifs is 2. The molecule has 134 heavy (non-hydrogen) atoms. The van der Waals surface area contributed by atoms with Crippen LogP contribution in [0, 0.1) is 0 Å². The van der Waals surface area contributed by atoms with Gasteiger partial charge in [0.05, 0.1) is 22.3 Å². The average molecular weight is 1840 g/mol. The number of imide groups is 2. The second-order valence-corrected chi connectivity index (χ2v) is 45.2. The van der Waals surface area contributed by atoms with Gasteiger partial charge in [-0.1, -0.05) is 180 Å². The summed E-state index contributed by atoms with van der Waals surface area (Å²) in [5.74, 6) is -2.47. The van der Waals surface area contributed by atoms with Crippen LogP contribution < -0.4 is 18.9 Å². The molecule has 4 aliphatic rings. The number of carbonyl (C=O) groups excluding carboxylic acids is 6. The number of ether oxygens (including phenoxy) is 4. The fraction of sp³-hybridized carbons (Fsp3) is 0.333. The van der Waals surface area contributed by atoms with Crippen LogP contribution in [0.2, 0.25) is 0 Å². The van der Waals surface area contributed by atoms with Crippen molar-refractivity contribution in [1.29, 1.82) is 0 Å². The SMILES string of the molecule is CO[Si](Cc1cccc(CN2CCN(C(=O)C(c3ccncc3)N3C(=O)c4cc(Oc5ccc(C(C)(C)C)cc5)c5c6c(Oc7ccc(C(C)(C)C)cc7)cc7c8c(cc(Oc9ccc(C(C)(C)C)cc9)c(c9c(Oc%10ccc(C(C)(C)C)cc%10)cc(c4c59)C3=O)c86)C(=O)N(C(C(=O)N3CCN(Cc4cccc(C[Si](OC)(OC)OC)c4)CC3)c3ccncc3)C7=O)CC2)c1)(OC)OC. The monoisotopic (exact) mass is 1840 g/mol. The van der Waals surface area contributed by atoms with Crippen molar-refractivity contribution in [3.05, 3.63) is 297 Å². The number of hydrogen-bond acceptors (Lipinski definition) is 20. The molecule has 13 aromatic rings. The minimum atomic E-state index is -2.98. The number of carbonyl (C=O) groups is 6. The molecule has 2 atom stereocenters. The molecule has 26 heteroatoms. The predicted molar refractivity (Wildman–Crippen MR) is 521 cm³/mol. The molecule has 0 radical (unpaired) electrons. The lowest BCUT2D eigenvalue weighted by molar-refractivity contribution is -0.138. The van der Waals surface area contributed by atoms with Gasteiger partial charge in [-0.15, -0.1) is 0 Å². The number of amides is 6. The summed E-state index contributed by atoms with van der Waals surface area (Å²) >= 11 is 0. The van der Waals surface area contributed by atoms with Gasteiger partial charge >= 0.3 is 17.6 Å². The Kier molecular flexibility index (Phi) is 25.8. The molecule has 2 unspecified atom stereocenters. The first-order valence-corrected chi connectivity index (χ1v) is 49.5. The summed E-state index contributed by atoms with van der Waals surface area (Å²) in [6.45, 7) is 29.4. The Labute approximate surface area is 785 Å². The minimum Gasteiger partial charge on any atom is -0.457 e. The predicted octanol–water partition coefficient (Wildman–Crippen LogP) is 20.2. The van der Waals surface area contributed by atoms with E-state index >= 15 is 28.8 Å². The maximum atomic E-state index is 17.2. The van der Waals surface area contributed by atoms with Crippen molar-refractivity contribution in [3.8, 4) is 46.0 Å². The van der Waals surface area contributed by atoms with Crippen molar-refractivity contribution < 1.29 is 74.3 Å². The average Bonchev–Trinajstić information content (AvgIpc) is 0.667. The lowest BCUT2D eigenvalue weighted by Gasteiger charge is -2.40. The van der Waals surface area contributed by atoms with Crippen molar-refractivity contribution >= 4 is 96.1 Å². The van der Waals surface area contributed by atoms with Gasteiger partial charge in [-0.2, -0.15) is 0 Å². The first-order valence-electron chi connectivity index (χ1n) is 45.6. The van der Waals surface area contributed by atoms with Crippen LogP contribution in [0.25, 0.3) is 43.1 Å². The third kappa shape index (κ3) is 18.2. The van der Waals surface area contributed by atoms with Crippen LogP contribution in [0.5, 0.6) is 46.0 Å². The molecule has 2 aromatic heterocycles. The van der Waals surface area contributed by atoms with Crippen LogP contribution in [0.1, 0.15) is 192 Å². The van der Waals surface area contributed by atoms with Gasteiger partial charge in [0.1, 0.15) is 58.1 Å². The molecule has 4 aliphatic heterocycles. The molecule has 24 nitrogen and oxygen atoms in total. The van der Waals surface area contributed by atoms with E-state index in [1.807, 2.05) is 121 Å². The summed E-state index contributed by atoms with van der Waals surface area (Å²) in [7, 11) is 3.63. The molecule has 6 heterocycles. The smallest absolute Gasteiger partial charge is 0.457 e. The van der Waals surface area contributed by atoms with E-state index in [-0.39, 0.29) is 136 Å². The Bertz CT molecular complexity index is 5970. The fourth-order valence-electron chi connectivity index (χ4n) is 19.1. The zero-order chi connectivity index (χ0) is 94.8. The second kappa shape index (κ2) is 37.1. The summed E-state index contributed by atoms with van der Waals surface area (Å²) in [6.07, 6.45) is 6.18. The molecule has 2 fully saturated rings. The lowest BCUT2D eigenvalue weighted by atomic mass is 9.80. The number of aromatic nitrogens is 2. The molecular formula is C108H116N8O16Si2. The van der Waals surface area contributed by atoms with E-state index < -0.39 is 65.1 Å². The molecule has 0 saturated carbocycles. The van der Waals surface area contributed by atoms with Crippen molar-refractivity contribution in [2.24, 2.45) is 0 Å². The Morgan fingerprint density at radius 3 is 0.799 bits per heavy atom. The molecule has 6 amide bonds. The summed E-state index contributed by atoms with van der Waals surface area (Å²) in [6, 6.07) is 58.3. The number of hydrogen-bond donors (Lipinski definition) is 0. The maximum absolute atomic E-state index is 17.2. The third-order valence-electron chi connectivity index (χ3n) is 26.7. The zero-order valence-corrected chi connectivity index (χ0v) is 81.5. The van der Waals surface area contributed by atoms with E-state index in [9.17, 15) is 0 Å². The first kappa shape index (κ1) is 93.4. The van der Waals surface area contributed by atoms with Gasteiger partial charge in [0.15, 0.2) is 0 Å². The Balaban J connectivity index is 0.889. The van der Waals surface area contributed by atoms with Crippen LogP contribution in [-0.4, -0.2) is 187 Å². The largest absolute Gasteiger partial charge is 0.504 e. The van der Waals surface area contributed by atoms with E-state index in [1.54, 1.807) is 126 Å². The van der Waals surface area contributed by atoms with Gasteiger partial charge in [0.25, 0.3) is 35.4 Å². The van der Waals surface area contributed by atoms with E-state index in [2.05, 4.69) is 127 Å². The minimum absolute atomic E-state index is 0.00220. The topological polar surface area (TPSA) is 240 Å². The third-order valence-corrected chi connectivity index (χ3v) is 32.1. The van der Waals surface area contributed by atoms with Crippen molar-refractivity contribution in [1.82, 2.24) is 39.4 Å². The number of nitrogens with zero attached hydrogens (tertiary/aromatic N) is 8. The highest BCUT2D eigenvalue weighted by Gasteiger charge is 2.50. The number of rotatable bonds is 28. The normalized spacial score (nSPS) is 15.5. The second-order valence-electron chi connectivity index (χ2n) is 39.3. The molecule has 0 spiro atoms. The standard InChI is InChI=1S/C108H116N8O16Si2/c1-105(2,3)73-25-33-77(34-26-73)129-85-59-81-89-82(100(118)115(99(81)117)97(71-41-45-109-46-42-71)103(121)113-53-49-111(50-54-113)63-67-21-19-23-69(57-67)65-133(123-13,124-14)125-15)61-87(131-79-37-29-75(30-38-79)107(7,8)9)93-94-88(132-80-39-31-76(32-40-80)108(10,11)12)62-84-90-83(60-86(92(96(90)94)91(85)95(89)93)130-78-35-27-74(28-36-78)106(4,5)6)101(119)116(102(84)120)98(72-43-47-110-48-44-72)104(122)114-55-51-112(52-56-114)64-68-22-20-24-70(58-68)66-134(126-16,127-17)128-18/h19-48,57-62,97-98H,49-56,63-66H2,1-18H3. The molecule has 692 valence electrons.